The molecule has 2 aliphatic heterocycles. The van der Waals surface area contributed by atoms with Crippen LogP contribution in [0.5, 0.6) is 0 Å². The molecule has 3 N–H and O–H groups in total. The fourth-order valence-corrected chi connectivity index (χ4v) is 4.36. The Morgan fingerprint density at radius 3 is 2.62 bits per heavy atom. The standard InChI is InChI=1S/C15H22F3N3O4S/c1-2-25-14(24)21-12(23)9-4-6-26-13(9)20-11(22)8-3-5-19-10(7-8)15(16,17)18/h8-10,13,19H,2-7H2,1H3,(H,20,22)(H,21,23,24). The first-order valence-corrected chi connectivity index (χ1v) is 9.47. The third-order valence-corrected chi connectivity index (χ3v) is 5.66. The van der Waals surface area contributed by atoms with Crippen molar-refractivity contribution >= 4 is 29.7 Å². The second-order valence-electron chi connectivity index (χ2n) is 6.17. The Hall–Kier alpha value is -1.49. The van der Waals surface area contributed by atoms with Crippen molar-refractivity contribution in [3.05, 3.63) is 0 Å². The van der Waals surface area contributed by atoms with Gasteiger partial charge in [-0.15, -0.1) is 11.8 Å². The van der Waals surface area contributed by atoms with E-state index < -0.39 is 47.3 Å². The second kappa shape index (κ2) is 8.94. The maximum Gasteiger partial charge on any atom is 0.413 e. The van der Waals surface area contributed by atoms with Crippen LogP contribution >= 0.6 is 11.8 Å². The first-order valence-electron chi connectivity index (χ1n) is 8.42. The summed E-state index contributed by atoms with van der Waals surface area (Å²) in [7, 11) is 0. The maximum atomic E-state index is 12.8. The zero-order chi connectivity index (χ0) is 19.3. The molecule has 2 saturated heterocycles. The third-order valence-electron chi connectivity index (χ3n) is 4.38. The number of carbonyl (C=O) groups excluding carboxylic acids is 3. The lowest BCUT2D eigenvalue weighted by Crippen LogP contribution is -2.52. The summed E-state index contributed by atoms with van der Waals surface area (Å²) < 4.78 is 43.2. The molecule has 0 saturated carbocycles. The van der Waals surface area contributed by atoms with Crippen LogP contribution in [0, 0.1) is 11.8 Å². The highest BCUT2D eigenvalue weighted by molar-refractivity contribution is 8.00. The van der Waals surface area contributed by atoms with Gasteiger partial charge in [0.25, 0.3) is 0 Å². The van der Waals surface area contributed by atoms with Gasteiger partial charge in [-0.3, -0.25) is 14.9 Å². The number of piperidine rings is 1. The minimum atomic E-state index is -4.40. The normalized spacial score (nSPS) is 29.1. The number of halogens is 3. The van der Waals surface area contributed by atoms with Gasteiger partial charge < -0.3 is 15.4 Å². The van der Waals surface area contributed by atoms with Crippen LogP contribution in [0.4, 0.5) is 18.0 Å². The molecule has 2 heterocycles. The fraction of sp³-hybridized carbons (Fsp3) is 0.800. The molecule has 2 aliphatic rings. The summed E-state index contributed by atoms with van der Waals surface area (Å²) in [6, 6.07) is -1.70. The highest BCUT2D eigenvalue weighted by Crippen LogP contribution is 2.33. The Labute approximate surface area is 153 Å². The second-order valence-corrected chi connectivity index (χ2v) is 7.42. The summed E-state index contributed by atoms with van der Waals surface area (Å²) in [5.41, 5.74) is 0. The van der Waals surface area contributed by atoms with Gasteiger partial charge in [0, 0.05) is 5.92 Å². The smallest absolute Gasteiger partial charge is 0.413 e. The van der Waals surface area contributed by atoms with E-state index in [0.717, 1.165) is 0 Å². The molecule has 26 heavy (non-hydrogen) atoms. The molecule has 0 radical (unpaired) electrons. The molecular weight excluding hydrogens is 375 g/mol. The van der Waals surface area contributed by atoms with Crippen molar-refractivity contribution in [1.29, 1.82) is 0 Å². The first kappa shape index (κ1) is 20.8. The van der Waals surface area contributed by atoms with Crippen LogP contribution in [0.25, 0.3) is 0 Å². The molecule has 3 amide bonds. The molecule has 2 rings (SSSR count). The number of ether oxygens (including phenoxy) is 1. The van der Waals surface area contributed by atoms with Gasteiger partial charge >= 0.3 is 12.3 Å². The molecule has 0 aromatic carbocycles. The topological polar surface area (TPSA) is 96.5 Å². The first-order chi connectivity index (χ1) is 12.2. The number of hydrogen-bond donors (Lipinski definition) is 3. The van der Waals surface area contributed by atoms with Gasteiger partial charge in [0.1, 0.15) is 6.04 Å². The van der Waals surface area contributed by atoms with Crippen molar-refractivity contribution in [2.45, 2.75) is 43.8 Å². The number of thioether (sulfide) groups is 1. The van der Waals surface area contributed by atoms with Crippen molar-refractivity contribution in [3.63, 3.8) is 0 Å². The summed E-state index contributed by atoms with van der Waals surface area (Å²) in [5, 5.41) is 6.58. The third kappa shape index (κ3) is 5.50. The minimum Gasteiger partial charge on any atom is -0.450 e. The van der Waals surface area contributed by atoms with Gasteiger partial charge in [0.05, 0.1) is 17.9 Å². The van der Waals surface area contributed by atoms with E-state index in [1.807, 2.05) is 0 Å². The Morgan fingerprint density at radius 2 is 1.96 bits per heavy atom. The molecule has 4 unspecified atom stereocenters. The van der Waals surface area contributed by atoms with Gasteiger partial charge in [-0.2, -0.15) is 13.2 Å². The molecule has 7 nitrogen and oxygen atoms in total. The zero-order valence-corrected chi connectivity index (χ0v) is 15.0. The number of hydrogen-bond acceptors (Lipinski definition) is 6. The van der Waals surface area contributed by atoms with Crippen LogP contribution in [0.3, 0.4) is 0 Å². The molecule has 11 heteroatoms. The van der Waals surface area contributed by atoms with Crippen LogP contribution in [-0.2, 0) is 14.3 Å². The van der Waals surface area contributed by atoms with E-state index in [-0.39, 0.29) is 19.6 Å². The van der Waals surface area contributed by atoms with Gasteiger partial charge in [0.15, 0.2) is 0 Å². The van der Waals surface area contributed by atoms with E-state index in [1.54, 1.807) is 6.92 Å². The number of rotatable bonds is 4. The number of imide groups is 1. The van der Waals surface area contributed by atoms with E-state index in [0.29, 0.717) is 18.6 Å². The van der Waals surface area contributed by atoms with Crippen molar-refractivity contribution < 1.29 is 32.3 Å². The Balaban J connectivity index is 1.90. The molecule has 0 aromatic rings. The lowest BCUT2D eigenvalue weighted by atomic mass is 9.91. The van der Waals surface area contributed by atoms with E-state index >= 15 is 0 Å². The number of alkyl halides is 3. The van der Waals surface area contributed by atoms with Gasteiger partial charge in [-0.05, 0) is 38.5 Å². The zero-order valence-electron chi connectivity index (χ0n) is 14.2. The summed E-state index contributed by atoms with van der Waals surface area (Å²) in [6.07, 6.45) is -4.82. The van der Waals surface area contributed by atoms with Crippen molar-refractivity contribution in [3.8, 4) is 0 Å². The minimum absolute atomic E-state index is 0.104. The van der Waals surface area contributed by atoms with E-state index in [2.05, 4.69) is 20.7 Å². The van der Waals surface area contributed by atoms with Crippen LogP contribution in [0.15, 0.2) is 0 Å². The summed E-state index contributed by atoms with van der Waals surface area (Å²) >= 11 is 1.34. The lowest BCUT2D eigenvalue weighted by molar-refractivity contribution is -0.165. The van der Waals surface area contributed by atoms with Crippen LogP contribution < -0.4 is 16.0 Å². The number of carbonyl (C=O) groups is 3. The number of nitrogens with one attached hydrogen (secondary N) is 3. The quantitative estimate of drug-likeness (QED) is 0.663. The Kier molecular flexibility index (Phi) is 7.16. The van der Waals surface area contributed by atoms with Crippen LogP contribution in [-0.4, -0.2) is 54.4 Å². The van der Waals surface area contributed by atoms with Crippen molar-refractivity contribution in [1.82, 2.24) is 16.0 Å². The molecule has 4 atom stereocenters. The summed E-state index contributed by atoms with van der Waals surface area (Å²) in [6.45, 7) is 1.83. The predicted octanol–water partition coefficient (Wildman–Crippen LogP) is 1.39. The molecule has 0 spiro atoms. The average molecular weight is 397 g/mol. The van der Waals surface area contributed by atoms with Gasteiger partial charge in [0.2, 0.25) is 11.8 Å². The number of amides is 3. The molecule has 2 fully saturated rings. The predicted molar refractivity (Wildman–Crippen MR) is 88.2 cm³/mol. The summed E-state index contributed by atoms with van der Waals surface area (Å²) in [5.74, 6) is -1.85. The van der Waals surface area contributed by atoms with Crippen LogP contribution in [0.1, 0.15) is 26.2 Å². The molecular formula is C15H22F3N3O4S. The number of alkyl carbamates (subject to hydrolysis) is 1. The van der Waals surface area contributed by atoms with Crippen molar-refractivity contribution in [2.75, 3.05) is 18.9 Å². The van der Waals surface area contributed by atoms with Gasteiger partial charge in [-0.1, -0.05) is 0 Å². The molecule has 0 aliphatic carbocycles. The van der Waals surface area contributed by atoms with Gasteiger partial charge in [-0.25, -0.2) is 4.79 Å². The monoisotopic (exact) mass is 397 g/mol. The van der Waals surface area contributed by atoms with E-state index in [9.17, 15) is 27.6 Å². The molecule has 0 bridgehead atoms. The summed E-state index contributed by atoms with van der Waals surface area (Å²) in [4.78, 5) is 35.9. The maximum absolute atomic E-state index is 12.8. The molecule has 0 aromatic heterocycles. The van der Waals surface area contributed by atoms with Crippen LogP contribution in [0.2, 0.25) is 0 Å². The molecule has 148 valence electrons. The average Bonchev–Trinajstić information content (AvgIpc) is 3.02. The highest BCUT2D eigenvalue weighted by atomic mass is 32.2. The van der Waals surface area contributed by atoms with E-state index in [1.165, 1.54) is 11.8 Å². The van der Waals surface area contributed by atoms with Crippen molar-refractivity contribution in [2.24, 2.45) is 11.8 Å². The Morgan fingerprint density at radius 1 is 1.23 bits per heavy atom. The Bertz CT molecular complexity index is 547. The highest BCUT2D eigenvalue weighted by Gasteiger charge is 2.44. The SMILES string of the molecule is CCOC(=O)NC(=O)C1CCSC1NC(=O)C1CCNC(C(F)(F)F)C1. The largest absolute Gasteiger partial charge is 0.450 e. The fourth-order valence-electron chi connectivity index (χ4n) is 3.02. The van der Waals surface area contributed by atoms with E-state index in [4.69, 9.17) is 0 Å². The lowest BCUT2D eigenvalue weighted by Gasteiger charge is -2.31.